The molecule has 0 aliphatic heterocycles. The Morgan fingerprint density at radius 3 is 2.52 bits per heavy atom. The molecule has 0 saturated heterocycles. The van der Waals surface area contributed by atoms with E-state index in [4.69, 9.17) is 17.0 Å². The number of anilines is 1. The van der Waals surface area contributed by atoms with Crippen LogP contribution >= 0.6 is 23.6 Å². The van der Waals surface area contributed by atoms with Crippen LogP contribution < -0.4 is 15.6 Å². The number of carbonyl (C=O) groups excluding carboxylic acids is 1. The van der Waals surface area contributed by atoms with Crippen molar-refractivity contribution in [1.82, 2.24) is 10.3 Å². The van der Waals surface area contributed by atoms with Crippen LogP contribution in [0.25, 0.3) is 0 Å². The molecule has 0 aliphatic carbocycles. The summed E-state index contributed by atoms with van der Waals surface area (Å²) in [7, 11) is -3.43. The van der Waals surface area contributed by atoms with E-state index in [0.717, 1.165) is 16.7 Å². The standard InChI is InChI=1S/C11H17N3O4S3/c1-5-18-10(15)8-6(2)7(3)20-9(8)12-11(19)13-14-21(4,16)17/h14H,5H2,1-4H3,(H2,12,13,19). The van der Waals surface area contributed by atoms with E-state index in [1.807, 2.05) is 18.7 Å². The van der Waals surface area contributed by atoms with Gasteiger partial charge in [-0.1, -0.05) is 0 Å². The van der Waals surface area contributed by atoms with Gasteiger partial charge < -0.3 is 10.1 Å². The zero-order valence-corrected chi connectivity index (χ0v) is 14.5. The molecule has 1 aromatic heterocycles. The second-order valence-corrected chi connectivity index (χ2v) is 7.54. The number of hydrogen-bond donors (Lipinski definition) is 3. The number of hydrazine groups is 1. The minimum atomic E-state index is -3.43. The Kier molecular flexibility index (Phi) is 6.08. The normalized spacial score (nSPS) is 11.0. The van der Waals surface area contributed by atoms with E-state index in [9.17, 15) is 13.2 Å². The van der Waals surface area contributed by atoms with Crippen LogP contribution in [0.2, 0.25) is 0 Å². The van der Waals surface area contributed by atoms with Gasteiger partial charge in [-0.15, -0.1) is 16.2 Å². The third-order valence-corrected chi connectivity index (χ3v) is 4.24. The van der Waals surface area contributed by atoms with Gasteiger partial charge in [0.1, 0.15) is 5.00 Å². The van der Waals surface area contributed by atoms with E-state index in [1.165, 1.54) is 11.3 Å². The average Bonchev–Trinajstić information content (AvgIpc) is 2.62. The van der Waals surface area contributed by atoms with Crippen molar-refractivity contribution in [3.8, 4) is 0 Å². The lowest BCUT2D eigenvalue weighted by atomic mass is 10.1. The van der Waals surface area contributed by atoms with Crippen molar-refractivity contribution in [1.29, 1.82) is 0 Å². The molecule has 1 rings (SSSR count). The summed E-state index contributed by atoms with van der Waals surface area (Å²) >= 11 is 6.31. The van der Waals surface area contributed by atoms with Gasteiger partial charge in [0, 0.05) is 4.88 Å². The van der Waals surface area contributed by atoms with Crippen molar-refractivity contribution >= 4 is 49.7 Å². The summed E-state index contributed by atoms with van der Waals surface area (Å²) in [5, 5.41) is 3.34. The molecule has 0 bridgehead atoms. The highest BCUT2D eigenvalue weighted by Gasteiger charge is 2.21. The van der Waals surface area contributed by atoms with Crippen molar-refractivity contribution in [2.75, 3.05) is 18.2 Å². The molecule has 0 radical (unpaired) electrons. The Morgan fingerprint density at radius 1 is 1.38 bits per heavy atom. The third-order valence-electron chi connectivity index (χ3n) is 2.44. The first-order valence-electron chi connectivity index (χ1n) is 5.96. The number of thiocarbonyl (C=S) groups is 1. The highest BCUT2D eigenvalue weighted by Crippen LogP contribution is 2.32. The first-order chi connectivity index (χ1) is 9.65. The molecule has 0 unspecified atom stereocenters. The van der Waals surface area contributed by atoms with E-state index in [0.29, 0.717) is 10.6 Å². The number of thiophene rings is 1. The number of ether oxygens (including phenoxy) is 1. The van der Waals surface area contributed by atoms with Crippen LogP contribution in [0.5, 0.6) is 0 Å². The number of hydrogen-bond acceptors (Lipinski definition) is 6. The first kappa shape index (κ1) is 17.8. The topological polar surface area (TPSA) is 96.5 Å². The number of carbonyl (C=O) groups is 1. The van der Waals surface area contributed by atoms with Gasteiger partial charge >= 0.3 is 5.97 Å². The summed E-state index contributed by atoms with van der Waals surface area (Å²) < 4.78 is 27.0. The fourth-order valence-corrected chi connectivity index (χ4v) is 3.06. The minimum absolute atomic E-state index is 0.0345. The number of esters is 1. The maximum atomic E-state index is 12.0. The van der Waals surface area contributed by atoms with Gasteiger partial charge in [0.15, 0.2) is 5.11 Å². The van der Waals surface area contributed by atoms with Crippen molar-refractivity contribution in [2.45, 2.75) is 20.8 Å². The maximum Gasteiger partial charge on any atom is 0.341 e. The average molecular weight is 351 g/mol. The molecule has 0 amide bonds. The molecule has 1 aromatic rings. The highest BCUT2D eigenvalue weighted by molar-refractivity contribution is 7.88. The second-order valence-electron chi connectivity index (χ2n) is 4.16. The van der Waals surface area contributed by atoms with Crippen LogP contribution in [-0.2, 0) is 14.8 Å². The van der Waals surface area contributed by atoms with Gasteiger partial charge in [-0.2, -0.15) is 0 Å². The number of aryl methyl sites for hydroxylation is 1. The van der Waals surface area contributed by atoms with Gasteiger partial charge in [-0.25, -0.2) is 13.2 Å². The zero-order valence-electron chi connectivity index (χ0n) is 12.1. The predicted octanol–water partition coefficient (Wildman–Crippen LogP) is 1.29. The number of nitrogens with one attached hydrogen (secondary N) is 3. The van der Waals surface area contributed by atoms with E-state index in [1.54, 1.807) is 6.92 Å². The molecule has 0 atom stereocenters. The molecule has 0 fully saturated rings. The van der Waals surface area contributed by atoms with Crippen molar-refractivity contribution in [3.63, 3.8) is 0 Å². The van der Waals surface area contributed by atoms with E-state index >= 15 is 0 Å². The van der Waals surface area contributed by atoms with Gasteiger partial charge in [0.2, 0.25) is 10.0 Å². The summed E-state index contributed by atoms with van der Waals surface area (Å²) in [4.78, 5) is 15.0. The second kappa shape index (κ2) is 7.16. The van der Waals surface area contributed by atoms with E-state index in [-0.39, 0.29) is 11.7 Å². The first-order valence-corrected chi connectivity index (χ1v) is 9.08. The molecule has 1 heterocycles. The Balaban J connectivity index is 2.91. The molecular formula is C11H17N3O4S3. The Labute approximate surface area is 133 Å². The minimum Gasteiger partial charge on any atom is -0.462 e. The fourth-order valence-electron chi connectivity index (χ4n) is 1.44. The Bertz CT molecular complexity index is 652. The van der Waals surface area contributed by atoms with Crippen LogP contribution in [0.15, 0.2) is 0 Å². The van der Waals surface area contributed by atoms with Crippen LogP contribution in [0.4, 0.5) is 5.00 Å². The summed E-state index contributed by atoms with van der Waals surface area (Å²) in [6.45, 7) is 5.68. The van der Waals surface area contributed by atoms with Crippen molar-refractivity contribution in [3.05, 3.63) is 16.0 Å². The lowest BCUT2D eigenvalue weighted by Crippen LogP contribution is -2.43. The van der Waals surface area contributed by atoms with Crippen LogP contribution in [0.1, 0.15) is 27.7 Å². The molecule has 0 aromatic carbocycles. The van der Waals surface area contributed by atoms with Gasteiger partial charge in [-0.3, -0.25) is 5.43 Å². The SMILES string of the molecule is CCOC(=O)c1c(NC(=S)NNS(C)(=O)=O)sc(C)c1C. The largest absolute Gasteiger partial charge is 0.462 e. The highest BCUT2D eigenvalue weighted by atomic mass is 32.2. The molecule has 0 aliphatic rings. The fraction of sp³-hybridized carbons (Fsp3) is 0.455. The molecule has 7 nitrogen and oxygen atoms in total. The maximum absolute atomic E-state index is 12.0. The smallest absolute Gasteiger partial charge is 0.341 e. The monoisotopic (exact) mass is 351 g/mol. The summed E-state index contributed by atoms with van der Waals surface area (Å²) in [6, 6.07) is 0. The van der Waals surface area contributed by atoms with Gasteiger partial charge in [0.05, 0.1) is 18.4 Å². The molecule has 0 spiro atoms. The lowest BCUT2D eigenvalue weighted by Gasteiger charge is -2.10. The van der Waals surface area contributed by atoms with Crippen LogP contribution in [0.3, 0.4) is 0 Å². The summed E-state index contributed by atoms with van der Waals surface area (Å²) in [5.74, 6) is -0.444. The molecule has 3 N–H and O–H groups in total. The summed E-state index contributed by atoms with van der Waals surface area (Å²) in [5.41, 5.74) is 3.55. The Morgan fingerprint density at radius 2 is 2.00 bits per heavy atom. The third kappa shape index (κ3) is 5.23. The molecule has 0 saturated carbocycles. The van der Waals surface area contributed by atoms with E-state index in [2.05, 4.69) is 10.7 Å². The lowest BCUT2D eigenvalue weighted by molar-refractivity contribution is 0.0527. The Hall–Kier alpha value is -1.23. The number of rotatable bonds is 5. The molecule has 10 heteroatoms. The molecular weight excluding hydrogens is 334 g/mol. The van der Waals surface area contributed by atoms with Crippen molar-refractivity contribution < 1.29 is 17.9 Å². The predicted molar refractivity (Wildman–Crippen MR) is 87.1 cm³/mol. The van der Waals surface area contributed by atoms with Crippen LogP contribution in [-0.4, -0.2) is 32.4 Å². The summed E-state index contributed by atoms with van der Waals surface area (Å²) in [6.07, 6.45) is 0.992. The van der Waals surface area contributed by atoms with Crippen molar-refractivity contribution in [2.24, 2.45) is 0 Å². The number of sulfonamides is 1. The zero-order chi connectivity index (χ0) is 16.2. The molecule has 21 heavy (non-hydrogen) atoms. The quantitative estimate of drug-likeness (QED) is 0.418. The van der Waals surface area contributed by atoms with Crippen LogP contribution in [0, 0.1) is 13.8 Å². The van der Waals surface area contributed by atoms with Gasteiger partial charge in [0.25, 0.3) is 0 Å². The molecule has 118 valence electrons. The van der Waals surface area contributed by atoms with Gasteiger partial charge in [-0.05, 0) is 38.6 Å². The van der Waals surface area contributed by atoms with E-state index < -0.39 is 16.0 Å².